The van der Waals surface area contributed by atoms with Gasteiger partial charge in [0.15, 0.2) is 0 Å². The third kappa shape index (κ3) is 7.01. The van der Waals surface area contributed by atoms with Gasteiger partial charge in [0.2, 0.25) is 5.91 Å². The molecule has 0 bridgehead atoms. The summed E-state index contributed by atoms with van der Waals surface area (Å²) < 4.78 is 10.8. The second-order valence-electron chi connectivity index (χ2n) is 11.3. The minimum Gasteiger partial charge on any atom is -0.467 e. The molecule has 2 N–H and O–H groups in total. The Morgan fingerprint density at radius 1 is 0.875 bits per heavy atom. The highest BCUT2D eigenvalue weighted by atomic mass is 35.5. The minimum atomic E-state index is -1.01. The third-order valence-corrected chi connectivity index (χ3v) is 10.0. The molecule has 1 aliphatic heterocycles. The fourth-order valence-corrected chi connectivity index (χ4v) is 7.70. The molecule has 1 heterocycles. The van der Waals surface area contributed by atoms with Crippen LogP contribution in [0.3, 0.4) is 0 Å². The number of nitrogens with zero attached hydrogens (tertiary/aromatic N) is 1. The van der Waals surface area contributed by atoms with Crippen molar-refractivity contribution in [1.29, 1.82) is 0 Å². The fraction of sp³-hybridized carbons (Fsp3) is 0.222. The Kier molecular flexibility index (Phi) is 10.2. The van der Waals surface area contributed by atoms with Crippen molar-refractivity contribution in [3.05, 3.63) is 123 Å². The van der Waals surface area contributed by atoms with Gasteiger partial charge in [-0.15, -0.1) is 11.8 Å². The van der Waals surface area contributed by atoms with Gasteiger partial charge in [0.1, 0.15) is 18.7 Å². The van der Waals surface area contributed by atoms with E-state index >= 15 is 0 Å². The summed E-state index contributed by atoms with van der Waals surface area (Å²) in [4.78, 5) is 53.7. The number of amides is 3. The molecule has 0 unspecified atom stereocenters. The molecule has 4 aromatic carbocycles. The van der Waals surface area contributed by atoms with Gasteiger partial charge in [-0.2, -0.15) is 0 Å². The smallest absolute Gasteiger partial charge is 0.411 e. The molecule has 0 aromatic heterocycles. The van der Waals surface area contributed by atoms with Crippen LogP contribution < -0.4 is 10.6 Å². The Bertz CT molecular complexity index is 1810. The monoisotopic (exact) mass is 703 g/mol. The van der Waals surface area contributed by atoms with Crippen LogP contribution in [-0.4, -0.2) is 66.2 Å². The lowest BCUT2D eigenvalue weighted by Gasteiger charge is -2.25. The molecule has 4 aromatic rings. The zero-order valence-electron chi connectivity index (χ0n) is 25.8. The van der Waals surface area contributed by atoms with Gasteiger partial charge in [-0.1, -0.05) is 89.9 Å². The van der Waals surface area contributed by atoms with E-state index in [9.17, 15) is 19.2 Å². The second-order valence-corrected chi connectivity index (χ2v) is 13.1. The summed E-state index contributed by atoms with van der Waals surface area (Å²) in [5, 5.41) is 5.98. The molecular formula is C36H31Cl2N3O6S. The van der Waals surface area contributed by atoms with E-state index in [1.54, 1.807) is 42.5 Å². The summed E-state index contributed by atoms with van der Waals surface area (Å²) in [6, 6.07) is 25.9. The molecule has 1 fully saturated rings. The number of hydrogen-bond donors (Lipinski definition) is 2. The van der Waals surface area contributed by atoms with Gasteiger partial charge in [0.05, 0.1) is 28.6 Å². The van der Waals surface area contributed by atoms with Gasteiger partial charge in [-0.3, -0.25) is 14.5 Å². The number of rotatable bonds is 9. The zero-order chi connectivity index (χ0) is 33.8. The molecule has 9 nitrogen and oxygen atoms in total. The van der Waals surface area contributed by atoms with E-state index in [-0.39, 0.29) is 40.4 Å². The Morgan fingerprint density at radius 3 is 2.12 bits per heavy atom. The number of thioether (sulfide) groups is 1. The average molecular weight is 705 g/mol. The summed E-state index contributed by atoms with van der Waals surface area (Å²) in [6.45, 7) is 0.134. The van der Waals surface area contributed by atoms with Gasteiger partial charge in [0.25, 0.3) is 5.91 Å². The van der Waals surface area contributed by atoms with E-state index in [1.807, 2.05) is 36.4 Å². The highest BCUT2D eigenvalue weighted by Gasteiger charge is 2.38. The Hall–Kier alpha value is -4.51. The molecule has 1 aliphatic carbocycles. The van der Waals surface area contributed by atoms with Gasteiger partial charge in [0, 0.05) is 23.8 Å². The zero-order valence-corrected chi connectivity index (χ0v) is 28.1. The van der Waals surface area contributed by atoms with Gasteiger partial charge in [-0.25, -0.2) is 9.59 Å². The van der Waals surface area contributed by atoms with Crippen molar-refractivity contribution in [2.24, 2.45) is 0 Å². The first-order valence-corrected chi connectivity index (χ1v) is 17.1. The number of ether oxygens (including phenoxy) is 2. The normalized spacial score (nSPS) is 15.6. The van der Waals surface area contributed by atoms with Crippen molar-refractivity contribution in [3.8, 4) is 11.1 Å². The summed E-state index contributed by atoms with van der Waals surface area (Å²) in [6.07, 6.45) is -0.472. The maximum Gasteiger partial charge on any atom is 0.411 e. The summed E-state index contributed by atoms with van der Waals surface area (Å²) in [5.74, 6) is -1.05. The Labute approximate surface area is 291 Å². The van der Waals surface area contributed by atoms with Crippen molar-refractivity contribution in [3.63, 3.8) is 0 Å². The van der Waals surface area contributed by atoms with Crippen molar-refractivity contribution in [1.82, 2.24) is 10.2 Å². The van der Waals surface area contributed by atoms with E-state index < -0.39 is 36.0 Å². The predicted molar refractivity (Wildman–Crippen MR) is 187 cm³/mol. The highest BCUT2D eigenvalue weighted by Crippen LogP contribution is 2.44. The van der Waals surface area contributed by atoms with Gasteiger partial charge >= 0.3 is 12.1 Å². The van der Waals surface area contributed by atoms with Gasteiger partial charge in [-0.05, 0) is 52.1 Å². The van der Waals surface area contributed by atoms with E-state index in [4.69, 9.17) is 32.7 Å². The van der Waals surface area contributed by atoms with Crippen molar-refractivity contribution < 1.29 is 28.7 Å². The second kappa shape index (κ2) is 14.7. The van der Waals surface area contributed by atoms with Crippen LogP contribution in [0.5, 0.6) is 0 Å². The first-order valence-electron chi connectivity index (χ1n) is 15.2. The molecule has 0 saturated carbocycles. The lowest BCUT2D eigenvalue weighted by molar-refractivity contribution is -0.145. The van der Waals surface area contributed by atoms with Gasteiger partial charge < -0.3 is 20.1 Å². The van der Waals surface area contributed by atoms with Crippen LogP contribution in [0.2, 0.25) is 10.0 Å². The van der Waals surface area contributed by atoms with Crippen LogP contribution in [0.25, 0.3) is 11.1 Å². The topological polar surface area (TPSA) is 114 Å². The van der Waals surface area contributed by atoms with Crippen LogP contribution in [0, 0.1) is 0 Å². The first-order chi connectivity index (χ1) is 23.2. The first kappa shape index (κ1) is 33.4. The summed E-state index contributed by atoms with van der Waals surface area (Å²) in [5.41, 5.74) is 5.79. The number of halogens is 2. The minimum absolute atomic E-state index is 0.110. The molecule has 0 spiro atoms. The van der Waals surface area contributed by atoms with E-state index in [0.717, 1.165) is 22.3 Å². The molecule has 12 heteroatoms. The molecule has 2 atom stereocenters. The van der Waals surface area contributed by atoms with Crippen LogP contribution in [0.15, 0.2) is 91.0 Å². The number of carbonyl (C=O) groups is 4. The number of fused-ring (bicyclic) bond motifs is 3. The maximum atomic E-state index is 13.5. The standard InChI is InChI=1S/C36H31Cl2N3O6S/c1-46-35(44)30(17-21-13-15-22(16-14-21)39-34(43)32-28(37)11-6-12-29(32)38)40-33(42)31-19-48-20-41(31)36(45)47-18-27-25-9-4-2-7-23(25)24-8-3-5-10-26(24)27/h2-16,27,30-31H,17-20H2,1H3,(H,39,43)(H,40,42)/t30-,31+/m0/s1. The van der Waals surface area contributed by atoms with Crippen LogP contribution >= 0.6 is 35.0 Å². The molecule has 1 saturated heterocycles. The van der Waals surface area contributed by atoms with Crippen LogP contribution in [0.4, 0.5) is 10.5 Å². The molecule has 246 valence electrons. The van der Waals surface area contributed by atoms with Crippen LogP contribution in [0.1, 0.15) is 33.0 Å². The molecule has 0 radical (unpaired) electrons. The Morgan fingerprint density at radius 2 is 1.50 bits per heavy atom. The number of esters is 1. The Balaban J connectivity index is 1.08. The summed E-state index contributed by atoms with van der Waals surface area (Å²) in [7, 11) is 1.24. The van der Waals surface area contributed by atoms with E-state index in [2.05, 4.69) is 22.8 Å². The number of nitrogens with one attached hydrogen (secondary N) is 2. The molecule has 48 heavy (non-hydrogen) atoms. The van der Waals surface area contributed by atoms with E-state index in [1.165, 1.54) is 23.8 Å². The number of benzene rings is 4. The number of anilines is 1. The molecule has 2 aliphatic rings. The quantitative estimate of drug-likeness (QED) is 0.185. The largest absolute Gasteiger partial charge is 0.467 e. The predicted octanol–water partition coefficient (Wildman–Crippen LogP) is 6.77. The van der Waals surface area contributed by atoms with E-state index in [0.29, 0.717) is 17.0 Å². The number of methoxy groups -OCH3 is 1. The van der Waals surface area contributed by atoms with Crippen LogP contribution in [-0.2, 0) is 25.5 Å². The molecule has 3 amide bonds. The molecule has 6 rings (SSSR count). The molecular weight excluding hydrogens is 673 g/mol. The van der Waals surface area contributed by atoms with Crippen molar-refractivity contribution >= 4 is 64.5 Å². The lowest BCUT2D eigenvalue weighted by Crippen LogP contribution is -2.52. The third-order valence-electron chi connectivity index (χ3n) is 8.40. The summed E-state index contributed by atoms with van der Waals surface area (Å²) >= 11 is 13.7. The maximum absolute atomic E-state index is 13.5. The lowest BCUT2D eigenvalue weighted by atomic mass is 9.98. The number of hydrogen-bond acceptors (Lipinski definition) is 7. The highest BCUT2D eigenvalue weighted by molar-refractivity contribution is 7.99. The average Bonchev–Trinajstić information content (AvgIpc) is 3.71. The van der Waals surface area contributed by atoms with Crippen molar-refractivity contribution in [2.75, 3.05) is 30.7 Å². The van der Waals surface area contributed by atoms with Crippen molar-refractivity contribution in [2.45, 2.75) is 24.4 Å². The SMILES string of the molecule is COC(=O)[C@H](Cc1ccc(NC(=O)c2c(Cl)cccc2Cl)cc1)NC(=O)[C@H]1CSCN1C(=O)OCC1c2ccccc2-c2ccccc21. The number of carbonyl (C=O) groups excluding carboxylic acids is 4. The fourth-order valence-electron chi connectivity index (χ4n) is 5.99.